The number of thiophene rings is 1. The second-order valence-electron chi connectivity index (χ2n) is 11.5. The molecule has 2 aromatic carbocycles. The molecule has 4 rings (SSSR count). The monoisotopic (exact) mass is 661 g/mol. The number of carboxylic acids is 1. The standard InChI is InChI=1S/C34H35N3O7S.CH4O/c1-18-12-13-45-29(18)22-8-9-23(24-10-11-26(31(39)40)36-28(24)32(41)43-7)25(16-22)30(38)37-27-19(2)14-21(15-20(27)3)17-35-33(42)44-34(4,5)6;1-2/h8-16H,17H2,1-7H3,(H,35,42)(H,37,38)(H,39,40);2H,1H3. The van der Waals surface area contributed by atoms with E-state index in [1.54, 1.807) is 32.9 Å². The number of hydrogen-bond donors (Lipinski definition) is 4. The first-order valence-electron chi connectivity index (χ1n) is 14.5. The van der Waals surface area contributed by atoms with E-state index in [0.29, 0.717) is 11.3 Å². The molecule has 2 amide bonds. The van der Waals surface area contributed by atoms with Crippen LogP contribution in [0.3, 0.4) is 0 Å². The Morgan fingerprint density at radius 1 is 0.894 bits per heavy atom. The number of aromatic carboxylic acids is 1. The summed E-state index contributed by atoms with van der Waals surface area (Å²) in [4.78, 5) is 55.6. The van der Waals surface area contributed by atoms with Gasteiger partial charge in [0.25, 0.3) is 5.91 Å². The second-order valence-corrected chi connectivity index (χ2v) is 12.4. The lowest BCUT2D eigenvalue weighted by Gasteiger charge is -2.20. The van der Waals surface area contributed by atoms with Crippen LogP contribution in [-0.4, -0.2) is 59.0 Å². The molecule has 11 nitrogen and oxygen atoms in total. The molecule has 0 atom stereocenters. The zero-order valence-electron chi connectivity index (χ0n) is 27.6. The van der Waals surface area contributed by atoms with Crippen molar-refractivity contribution < 1.29 is 38.9 Å². The highest BCUT2D eigenvalue weighted by Crippen LogP contribution is 2.35. The van der Waals surface area contributed by atoms with Gasteiger partial charge in [0.15, 0.2) is 5.69 Å². The molecule has 0 bridgehead atoms. The number of ether oxygens (including phenoxy) is 2. The summed E-state index contributed by atoms with van der Waals surface area (Å²) in [6, 6.07) is 13.8. The molecule has 47 heavy (non-hydrogen) atoms. The number of aryl methyl sites for hydroxylation is 3. The molecule has 0 saturated heterocycles. The minimum atomic E-state index is -1.30. The van der Waals surface area contributed by atoms with E-state index in [2.05, 4.69) is 15.6 Å². The van der Waals surface area contributed by atoms with Crippen molar-refractivity contribution in [2.75, 3.05) is 19.5 Å². The van der Waals surface area contributed by atoms with Crippen molar-refractivity contribution in [3.8, 4) is 21.6 Å². The van der Waals surface area contributed by atoms with Gasteiger partial charge >= 0.3 is 18.0 Å². The number of rotatable bonds is 8. The van der Waals surface area contributed by atoms with Crippen molar-refractivity contribution >= 4 is 41.0 Å². The predicted molar refractivity (Wildman–Crippen MR) is 181 cm³/mol. The summed E-state index contributed by atoms with van der Waals surface area (Å²) < 4.78 is 10.2. The smallest absolute Gasteiger partial charge is 0.407 e. The number of nitrogens with zero attached hydrogens (tertiary/aromatic N) is 1. The molecule has 4 N–H and O–H groups in total. The molecule has 0 aliphatic heterocycles. The Hall–Kier alpha value is -5.07. The fourth-order valence-corrected chi connectivity index (χ4v) is 5.77. The summed E-state index contributed by atoms with van der Waals surface area (Å²) in [7, 11) is 2.18. The normalized spacial score (nSPS) is 10.7. The number of amides is 2. The number of carbonyl (C=O) groups excluding carboxylic acids is 3. The second kappa shape index (κ2) is 15.5. The number of carboxylic acid groups (broad SMARTS) is 1. The molecule has 0 spiro atoms. The maximum atomic E-state index is 14.1. The van der Waals surface area contributed by atoms with Gasteiger partial charge in [-0.15, -0.1) is 11.3 Å². The summed E-state index contributed by atoms with van der Waals surface area (Å²) in [5.74, 6) is -2.58. The lowest BCUT2D eigenvalue weighted by molar-refractivity contribution is 0.0521. The third kappa shape index (κ3) is 9.02. The van der Waals surface area contributed by atoms with Crippen LogP contribution in [0.5, 0.6) is 0 Å². The zero-order chi connectivity index (χ0) is 35.1. The van der Waals surface area contributed by atoms with Crippen molar-refractivity contribution in [2.45, 2.75) is 53.7 Å². The topological polar surface area (TPSA) is 164 Å². The van der Waals surface area contributed by atoms with Crippen molar-refractivity contribution in [1.29, 1.82) is 0 Å². The highest BCUT2D eigenvalue weighted by molar-refractivity contribution is 7.13. The molecule has 2 heterocycles. The number of benzene rings is 2. The third-order valence-corrected chi connectivity index (χ3v) is 7.90. The van der Waals surface area contributed by atoms with Crippen molar-refractivity contribution in [2.24, 2.45) is 0 Å². The van der Waals surface area contributed by atoms with Gasteiger partial charge in [-0.1, -0.05) is 24.3 Å². The van der Waals surface area contributed by atoms with Crippen LogP contribution in [0, 0.1) is 20.8 Å². The van der Waals surface area contributed by atoms with E-state index in [-0.39, 0.29) is 29.1 Å². The molecule has 0 fully saturated rings. The van der Waals surface area contributed by atoms with Gasteiger partial charge in [0.05, 0.1) is 7.11 Å². The van der Waals surface area contributed by atoms with E-state index in [4.69, 9.17) is 14.6 Å². The number of aliphatic hydroxyl groups excluding tert-OH is 1. The zero-order valence-corrected chi connectivity index (χ0v) is 28.4. The van der Waals surface area contributed by atoms with Crippen LogP contribution in [0.1, 0.15) is 74.4 Å². The number of alkyl carbamates (subject to hydrolysis) is 1. The van der Waals surface area contributed by atoms with E-state index < -0.39 is 29.5 Å². The third-order valence-electron chi connectivity index (χ3n) is 6.84. The Labute approximate surface area is 277 Å². The van der Waals surface area contributed by atoms with Crippen LogP contribution < -0.4 is 10.6 Å². The number of pyridine rings is 1. The molecular formula is C35H39N3O8S. The number of hydrogen-bond acceptors (Lipinski definition) is 9. The van der Waals surface area contributed by atoms with Crippen LogP contribution in [0.15, 0.2) is 53.9 Å². The molecule has 248 valence electrons. The molecule has 0 unspecified atom stereocenters. The maximum Gasteiger partial charge on any atom is 0.407 e. The Bertz CT molecular complexity index is 1780. The maximum absolute atomic E-state index is 14.1. The largest absolute Gasteiger partial charge is 0.477 e. The van der Waals surface area contributed by atoms with Gasteiger partial charge in [0.2, 0.25) is 0 Å². The number of esters is 1. The summed E-state index contributed by atoms with van der Waals surface area (Å²) in [6.07, 6.45) is -0.527. The van der Waals surface area contributed by atoms with E-state index in [9.17, 15) is 24.3 Å². The van der Waals surface area contributed by atoms with E-state index in [1.807, 2.05) is 50.4 Å². The van der Waals surface area contributed by atoms with E-state index in [0.717, 1.165) is 39.8 Å². The Balaban J connectivity index is 0.00000294. The van der Waals surface area contributed by atoms with Crippen molar-refractivity contribution in [1.82, 2.24) is 10.3 Å². The summed E-state index contributed by atoms with van der Waals surface area (Å²) in [6.45, 7) is 11.3. The van der Waals surface area contributed by atoms with Gasteiger partial charge in [0.1, 0.15) is 11.3 Å². The van der Waals surface area contributed by atoms with Crippen LogP contribution >= 0.6 is 11.3 Å². The SMILES string of the molecule is CO.COC(=O)c1nc(C(=O)O)ccc1-c1ccc(-c2sccc2C)cc1C(=O)Nc1c(C)cc(CNC(=O)OC(C)(C)C)cc1C. The minimum Gasteiger partial charge on any atom is -0.477 e. The van der Waals surface area contributed by atoms with Gasteiger partial charge in [0, 0.05) is 35.3 Å². The summed E-state index contributed by atoms with van der Waals surface area (Å²) >= 11 is 1.54. The Morgan fingerprint density at radius 2 is 1.53 bits per heavy atom. The highest BCUT2D eigenvalue weighted by atomic mass is 32.1. The van der Waals surface area contributed by atoms with Crippen molar-refractivity contribution in [3.05, 3.63) is 93.1 Å². The molecule has 2 aromatic heterocycles. The Morgan fingerprint density at radius 3 is 2.09 bits per heavy atom. The first-order chi connectivity index (χ1) is 22.2. The molecular weight excluding hydrogens is 622 g/mol. The summed E-state index contributed by atoms with van der Waals surface area (Å²) in [5, 5.41) is 24.2. The molecule has 0 radical (unpaired) electrons. The number of anilines is 1. The van der Waals surface area contributed by atoms with E-state index >= 15 is 0 Å². The average molecular weight is 662 g/mol. The van der Waals surface area contributed by atoms with Gasteiger partial charge < -0.3 is 30.3 Å². The van der Waals surface area contributed by atoms with Crippen LogP contribution in [-0.2, 0) is 16.0 Å². The molecule has 12 heteroatoms. The quantitative estimate of drug-likeness (QED) is 0.149. The van der Waals surface area contributed by atoms with Crippen LogP contribution in [0.25, 0.3) is 21.6 Å². The number of methoxy groups -OCH3 is 1. The number of carbonyl (C=O) groups is 4. The molecule has 0 saturated carbocycles. The summed E-state index contributed by atoms with van der Waals surface area (Å²) in [5.41, 5.74) is 4.55. The van der Waals surface area contributed by atoms with Crippen LogP contribution in [0.2, 0.25) is 0 Å². The van der Waals surface area contributed by atoms with Crippen LogP contribution in [0.4, 0.5) is 10.5 Å². The van der Waals surface area contributed by atoms with Gasteiger partial charge in [-0.05, 0) is 105 Å². The lowest BCUT2D eigenvalue weighted by atomic mass is 9.94. The van der Waals surface area contributed by atoms with Gasteiger partial charge in [-0.2, -0.15) is 0 Å². The average Bonchev–Trinajstić information content (AvgIpc) is 3.46. The fourth-order valence-electron chi connectivity index (χ4n) is 4.85. The molecule has 4 aromatic rings. The lowest BCUT2D eigenvalue weighted by Crippen LogP contribution is -2.32. The first kappa shape index (κ1) is 36.4. The number of nitrogens with one attached hydrogen (secondary N) is 2. The van der Waals surface area contributed by atoms with Gasteiger partial charge in [-0.25, -0.2) is 19.4 Å². The van der Waals surface area contributed by atoms with E-state index in [1.165, 1.54) is 30.6 Å². The predicted octanol–water partition coefficient (Wildman–Crippen LogP) is 6.77. The van der Waals surface area contributed by atoms with Crippen molar-refractivity contribution in [3.63, 3.8) is 0 Å². The minimum absolute atomic E-state index is 0.222. The fraction of sp³-hybridized carbons (Fsp3) is 0.286. The Kier molecular flexibility index (Phi) is 12.0. The number of aliphatic hydroxyl groups is 1. The molecule has 0 aliphatic carbocycles. The number of aromatic nitrogens is 1. The highest BCUT2D eigenvalue weighted by Gasteiger charge is 2.24. The first-order valence-corrected chi connectivity index (χ1v) is 15.4. The van der Waals surface area contributed by atoms with Gasteiger partial charge in [-0.3, -0.25) is 4.79 Å². The molecule has 0 aliphatic rings.